The van der Waals surface area contributed by atoms with Crippen molar-refractivity contribution in [2.45, 2.75) is 22.8 Å². The summed E-state index contributed by atoms with van der Waals surface area (Å²) in [6.07, 6.45) is 0.766. The Morgan fingerprint density at radius 1 is 1.40 bits per heavy atom. The number of benzene rings is 1. The van der Waals surface area contributed by atoms with Crippen LogP contribution in [0, 0.1) is 18.7 Å². The fourth-order valence-electron chi connectivity index (χ4n) is 2.76. The molecule has 0 saturated heterocycles. The van der Waals surface area contributed by atoms with Gasteiger partial charge in [-0.3, -0.25) is 4.79 Å². The molecule has 8 heteroatoms. The first-order valence-corrected chi connectivity index (χ1v) is 10.2. The molecule has 0 radical (unpaired) electrons. The molecular formula is C17H13Cl2FN2OS2. The van der Waals surface area contributed by atoms with Crippen LogP contribution in [0.4, 0.5) is 4.39 Å². The van der Waals surface area contributed by atoms with Crippen molar-refractivity contribution in [3.63, 3.8) is 0 Å². The molecule has 3 nitrogen and oxygen atoms in total. The first kappa shape index (κ1) is 17.3. The van der Waals surface area contributed by atoms with Crippen molar-refractivity contribution >= 4 is 56.5 Å². The minimum absolute atomic E-state index is 0.185. The van der Waals surface area contributed by atoms with Gasteiger partial charge < -0.3 is 4.98 Å². The number of rotatable bonds is 4. The van der Waals surface area contributed by atoms with Gasteiger partial charge in [-0.1, -0.05) is 23.9 Å². The predicted octanol–water partition coefficient (Wildman–Crippen LogP) is 5.39. The summed E-state index contributed by atoms with van der Waals surface area (Å²) in [5.41, 5.74) is 1.44. The molecule has 1 atom stereocenters. The summed E-state index contributed by atoms with van der Waals surface area (Å²) in [6.45, 7) is 1.94. The Morgan fingerprint density at radius 2 is 2.08 bits per heavy atom. The number of fused-ring (bicyclic) bond motifs is 1. The highest BCUT2D eigenvalue weighted by Gasteiger charge is 2.51. The number of aryl methyl sites for hydroxylation is 1. The first-order valence-electron chi connectivity index (χ1n) is 7.65. The van der Waals surface area contributed by atoms with Crippen LogP contribution in [0.2, 0.25) is 0 Å². The summed E-state index contributed by atoms with van der Waals surface area (Å²) in [5.74, 6) is 0.638. The number of alkyl halides is 2. The smallest absolute Gasteiger partial charge is 0.260 e. The van der Waals surface area contributed by atoms with Gasteiger partial charge in [0, 0.05) is 22.1 Å². The third-order valence-electron chi connectivity index (χ3n) is 4.23. The molecule has 1 saturated carbocycles. The summed E-state index contributed by atoms with van der Waals surface area (Å²) in [4.78, 5) is 21.7. The van der Waals surface area contributed by atoms with Gasteiger partial charge in [0.05, 0.1) is 5.39 Å². The molecule has 25 heavy (non-hydrogen) atoms. The number of hydrogen-bond acceptors (Lipinski definition) is 4. The highest BCUT2D eigenvalue weighted by Crippen LogP contribution is 2.54. The molecule has 2 heterocycles. The second-order valence-corrected chi connectivity index (χ2v) is 9.82. The van der Waals surface area contributed by atoms with Crippen molar-refractivity contribution in [1.29, 1.82) is 0 Å². The number of halogens is 3. The van der Waals surface area contributed by atoms with E-state index < -0.39 is 4.33 Å². The lowest BCUT2D eigenvalue weighted by Gasteiger charge is -2.03. The minimum atomic E-state index is -0.632. The first-order chi connectivity index (χ1) is 11.8. The van der Waals surface area contributed by atoms with Gasteiger partial charge in [0.1, 0.15) is 15.0 Å². The molecule has 130 valence electrons. The van der Waals surface area contributed by atoms with E-state index in [1.807, 2.05) is 6.92 Å². The average molecular weight is 415 g/mol. The molecule has 1 aliphatic rings. The molecule has 0 bridgehead atoms. The van der Waals surface area contributed by atoms with Crippen molar-refractivity contribution in [3.8, 4) is 11.1 Å². The molecule has 2 aromatic heterocycles. The Morgan fingerprint density at radius 3 is 2.72 bits per heavy atom. The lowest BCUT2D eigenvalue weighted by Crippen LogP contribution is -2.09. The zero-order valence-electron chi connectivity index (χ0n) is 13.1. The topological polar surface area (TPSA) is 45.8 Å². The molecule has 0 amide bonds. The van der Waals surface area contributed by atoms with Crippen LogP contribution in [-0.4, -0.2) is 20.1 Å². The zero-order valence-corrected chi connectivity index (χ0v) is 16.3. The van der Waals surface area contributed by atoms with Crippen LogP contribution >= 0.6 is 46.3 Å². The van der Waals surface area contributed by atoms with Crippen molar-refractivity contribution < 1.29 is 4.39 Å². The monoisotopic (exact) mass is 414 g/mol. The van der Waals surface area contributed by atoms with E-state index in [4.69, 9.17) is 23.2 Å². The van der Waals surface area contributed by atoms with Crippen LogP contribution in [0.25, 0.3) is 21.3 Å². The van der Waals surface area contributed by atoms with Gasteiger partial charge in [0.25, 0.3) is 5.56 Å². The molecule has 4 rings (SSSR count). The SMILES string of the molecule is Cc1sc2nc(SCC3CC3(Cl)Cl)[nH]c(=O)c2c1-c1ccc(F)cc1. The number of thiophene rings is 1. The van der Waals surface area contributed by atoms with Crippen molar-refractivity contribution in [2.24, 2.45) is 5.92 Å². The Hall–Kier alpha value is -1.08. The van der Waals surface area contributed by atoms with E-state index in [-0.39, 0.29) is 17.3 Å². The summed E-state index contributed by atoms with van der Waals surface area (Å²) in [5, 5.41) is 1.12. The number of thioether (sulfide) groups is 1. The van der Waals surface area contributed by atoms with Crippen LogP contribution in [0.5, 0.6) is 0 Å². The van der Waals surface area contributed by atoms with Crippen LogP contribution in [-0.2, 0) is 0 Å². The van der Waals surface area contributed by atoms with Crippen LogP contribution in [0.15, 0.2) is 34.2 Å². The maximum Gasteiger partial charge on any atom is 0.260 e. The standard InChI is InChI=1S/C17H13Cl2FN2OS2/c1-8-12(9-2-4-11(20)5-3-9)13-14(23)21-16(22-15(13)25-8)24-7-10-6-17(10,18)19/h2-5,10H,6-7H2,1H3,(H,21,22,23). The van der Waals surface area contributed by atoms with Crippen LogP contribution in [0.3, 0.4) is 0 Å². The molecule has 1 aliphatic carbocycles. The second-order valence-electron chi connectivity index (χ2n) is 6.06. The number of nitrogens with zero attached hydrogens (tertiary/aromatic N) is 1. The fourth-order valence-corrected chi connectivity index (χ4v) is 5.66. The van der Waals surface area contributed by atoms with Gasteiger partial charge in [-0.25, -0.2) is 9.37 Å². The molecule has 0 aliphatic heterocycles. The van der Waals surface area contributed by atoms with Crippen molar-refractivity contribution in [1.82, 2.24) is 9.97 Å². The van der Waals surface area contributed by atoms with Gasteiger partial charge in [-0.05, 0) is 31.0 Å². The quantitative estimate of drug-likeness (QED) is 0.353. The lowest BCUT2D eigenvalue weighted by molar-refractivity contribution is 0.628. The Kier molecular flexibility index (Phi) is 4.35. The van der Waals surface area contributed by atoms with E-state index in [9.17, 15) is 9.18 Å². The minimum Gasteiger partial charge on any atom is -0.301 e. The Bertz CT molecular complexity index is 1010. The predicted molar refractivity (Wildman–Crippen MR) is 104 cm³/mol. The van der Waals surface area contributed by atoms with Crippen LogP contribution < -0.4 is 5.56 Å². The molecule has 1 fully saturated rings. The maximum absolute atomic E-state index is 13.2. The number of nitrogens with one attached hydrogen (secondary N) is 1. The van der Waals surface area contributed by atoms with Gasteiger partial charge in [-0.2, -0.15) is 0 Å². The fraction of sp³-hybridized carbons (Fsp3) is 0.294. The van der Waals surface area contributed by atoms with E-state index in [2.05, 4.69) is 9.97 Å². The molecule has 1 unspecified atom stereocenters. The molecule has 3 aromatic rings. The molecule has 1 aromatic carbocycles. The van der Waals surface area contributed by atoms with Gasteiger partial charge >= 0.3 is 0 Å². The Labute approximate surface area is 161 Å². The molecular weight excluding hydrogens is 402 g/mol. The van der Waals surface area contributed by atoms with Gasteiger partial charge in [0.15, 0.2) is 5.16 Å². The third-order valence-corrected chi connectivity index (χ3v) is 7.19. The lowest BCUT2D eigenvalue weighted by atomic mass is 10.0. The van der Waals surface area contributed by atoms with E-state index >= 15 is 0 Å². The average Bonchev–Trinajstić information content (AvgIpc) is 3.01. The Balaban J connectivity index is 1.71. The molecule has 1 N–H and O–H groups in total. The number of H-pyrrole nitrogens is 1. The maximum atomic E-state index is 13.2. The van der Waals surface area contributed by atoms with E-state index in [1.54, 1.807) is 12.1 Å². The number of aromatic amines is 1. The normalized spacial score (nSPS) is 18.6. The van der Waals surface area contributed by atoms with Gasteiger partial charge in [0.2, 0.25) is 0 Å². The third kappa shape index (κ3) is 3.33. The summed E-state index contributed by atoms with van der Waals surface area (Å²) < 4.78 is 12.6. The summed E-state index contributed by atoms with van der Waals surface area (Å²) in [6, 6.07) is 6.15. The number of hydrogen-bond donors (Lipinski definition) is 1. The second kappa shape index (κ2) is 6.27. The largest absolute Gasteiger partial charge is 0.301 e. The van der Waals surface area contributed by atoms with E-state index in [1.165, 1.54) is 35.2 Å². The van der Waals surface area contributed by atoms with Crippen molar-refractivity contribution in [2.75, 3.05) is 5.75 Å². The zero-order chi connectivity index (χ0) is 17.8. The van der Waals surface area contributed by atoms with Gasteiger partial charge in [-0.15, -0.1) is 34.5 Å². The van der Waals surface area contributed by atoms with Crippen LogP contribution in [0.1, 0.15) is 11.3 Å². The van der Waals surface area contributed by atoms with E-state index in [0.29, 0.717) is 15.4 Å². The van der Waals surface area contributed by atoms with Crippen molar-refractivity contribution in [3.05, 3.63) is 45.3 Å². The molecule has 0 spiro atoms. The highest BCUT2D eigenvalue weighted by molar-refractivity contribution is 7.99. The summed E-state index contributed by atoms with van der Waals surface area (Å²) >= 11 is 15.0. The van der Waals surface area contributed by atoms with E-state index in [0.717, 1.165) is 28.2 Å². The summed E-state index contributed by atoms with van der Waals surface area (Å²) in [7, 11) is 0. The highest BCUT2D eigenvalue weighted by atomic mass is 35.5. The number of aromatic nitrogens is 2.